The van der Waals surface area contributed by atoms with Crippen molar-refractivity contribution in [2.75, 3.05) is 0 Å². The van der Waals surface area contributed by atoms with Gasteiger partial charge in [-0.3, -0.25) is 0 Å². The highest BCUT2D eigenvalue weighted by molar-refractivity contribution is 5.63. The third kappa shape index (κ3) is 2.93. The first kappa shape index (κ1) is 7.91. The van der Waals surface area contributed by atoms with Crippen molar-refractivity contribution in [2.24, 2.45) is 10.5 Å². The molecule has 0 unspecified atom stereocenters. The van der Waals surface area contributed by atoms with E-state index in [0.29, 0.717) is 0 Å². The van der Waals surface area contributed by atoms with Gasteiger partial charge in [-0.15, -0.1) is 10.2 Å². The number of nitrogens with zero attached hydrogens (tertiary/aromatic N) is 4. The SMILES string of the molecule is CC(C)(C)/C=N/n1cnnc1. The van der Waals surface area contributed by atoms with Crippen molar-refractivity contribution in [3.05, 3.63) is 12.7 Å². The van der Waals surface area contributed by atoms with Crippen LogP contribution in [-0.2, 0) is 0 Å². The molecule has 0 saturated heterocycles. The van der Waals surface area contributed by atoms with Crippen molar-refractivity contribution in [3.63, 3.8) is 0 Å². The van der Waals surface area contributed by atoms with E-state index in [1.54, 1.807) is 17.3 Å². The second-order valence-electron chi connectivity index (χ2n) is 3.45. The molecule has 0 atom stereocenters. The molecule has 1 aromatic rings. The molecule has 0 amide bonds. The van der Waals surface area contributed by atoms with E-state index in [1.165, 1.54) is 0 Å². The molecular formula is C7H12N4. The maximum Gasteiger partial charge on any atom is 0.141 e. The third-order valence-electron chi connectivity index (χ3n) is 0.985. The standard InChI is InChI=1S/C7H12N4/c1-7(2,3)4-10-11-5-8-9-6-11/h4-6H,1-3H3/b10-4+. The molecule has 60 valence electrons. The van der Waals surface area contributed by atoms with Gasteiger partial charge in [-0.05, 0) is 5.41 Å². The fourth-order valence-corrected chi connectivity index (χ4v) is 0.495. The molecule has 0 spiro atoms. The largest absolute Gasteiger partial charge is 0.208 e. The van der Waals surface area contributed by atoms with Crippen LogP contribution in [0.25, 0.3) is 0 Å². The average Bonchev–Trinajstić information content (AvgIpc) is 2.32. The Morgan fingerprint density at radius 1 is 1.27 bits per heavy atom. The summed E-state index contributed by atoms with van der Waals surface area (Å²) >= 11 is 0. The second-order valence-corrected chi connectivity index (χ2v) is 3.45. The van der Waals surface area contributed by atoms with E-state index in [0.717, 1.165) is 0 Å². The highest BCUT2D eigenvalue weighted by Gasteiger charge is 2.04. The zero-order chi connectivity index (χ0) is 8.32. The van der Waals surface area contributed by atoms with Crippen LogP contribution in [0.3, 0.4) is 0 Å². The Balaban J connectivity index is 2.63. The Morgan fingerprint density at radius 3 is 2.27 bits per heavy atom. The molecule has 0 aromatic carbocycles. The minimum atomic E-state index is 0.101. The van der Waals surface area contributed by atoms with Crippen molar-refractivity contribution in [1.29, 1.82) is 0 Å². The maximum absolute atomic E-state index is 4.10. The monoisotopic (exact) mass is 152 g/mol. The Bertz CT molecular complexity index is 229. The quantitative estimate of drug-likeness (QED) is 0.567. The molecule has 0 aliphatic heterocycles. The van der Waals surface area contributed by atoms with Gasteiger partial charge in [-0.25, -0.2) is 4.68 Å². The maximum atomic E-state index is 4.10. The Hall–Kier alpha value is -1.19. The Morgan fingerprint density at radius 2 is 1.82 bits per heavy atom. The van der Waals surface area contributed by atoms with Gasteiger partial charge in [-0.2, -0.15) is 5.10 Å². The second kappa shape index (κ2) is 2.82. The molecule has 4 nitrogen and oxygen atoms in total. The molecule has 1 aromatic heterocycles. The fourth-order valence-electron chi connectivity index (χ4n) is 0.495. The van der Waals surface area contributed by atoms with Gasteiger partial charge >= 0.3 is 0 Å². The number of aromatic nitrogens is 3. The first-order valence-corrected chi connectivity index (χ1v) is 3.48. The van der Waals surface area contributed by atoms with E-state index >= 15 is 0 Å². The van der Waals surface area contributed by atoms with Crippen LogP contribution in [0.2, 0.25) is 0 Å². The van der Waals surface area contributed by atoms with Gasteiger partial charge in [-0.1, -0.05) is 20.8 Å². The zero-order valence-corrected chi connectivity index (χ0v) is 7.02. The summed E-state index contributed by atoms with van der Waals surface area (Å²) in [5.74, 6) is 0. The topological polar surface area (TPSA) is 43.1 Å². The lowest BCUT2D eigenvalue weighted by atomic mass is 9.99. The normalized spacial score (nSPS) is 12.6. The Labute approximate surface area is 65.9 Å². The highest BCUT2D eigenvalue weighted by atomic mass is 15.4. The fraction of sp³-hybridized carbons (Fsp3) is 0.571. The van der Waals surface area contributed by atoms with Gasteiger partial charge in [0, 0.05) is 6.21 Å². The molecule has 0 radical (unpaired) electrons. The van der Waals surface area contributed by atoms with Crippen LogP contribution >= 0.6 is 0 Å². The lowest BCUT2D eigenvalue weighted by Crippen LogP contribution is -2.07. The summed E-state index contributed by atoms with van der Waals surface area (Å²) in [6.07, 6.45) is 4.97. The summed E-state index contributed by atoms with van der Waals surface area (Å²) < 4.78 is 1.57. The van der Waals surface area contributed by atoms with Crippen LogP contribution in [0.1, 0.15) is 20.8 Å². The van der Waals surface area contributed by atoms with Crippen molar-refractivity contribution in [1.82, 2.24) is 14.9 Å². The molecule has 11 heavy (non-hydrogen) atoms. The molecule has 1 rings (SSSR count). The van der Waals surface area contributed by atoms with Crippen LogP contribution in [0.4, 0.5) is 0 Å². The molecule has 0 saturated carbocycles. The van der Waals surface area contributed by atoms with E-state index in [9.17, 15) is 0 Å². The molecule has 4 heteroatoms. The third-order valence-corrected chi connectivity index (χ3v) is 0.985. The summed E-state index contributed by atoms with van der Waals surface area (Å²) in [6, 6.07) is 0. The van der Waals surface area contributed by atoms with E-state index in [1.807, 2.05) is 6.21 Å². The number of hydrogen-bond donors (Lipinski definition) is 0. The van der Waals surface area contributed by atoms with Gasteiger partial charge in [0.2, 0.25) is 0 Å². The summed E-state index contributed by atoms with van der Waals surface area (Å²) in [6.45, 7) is 6.25. The lowest BCUT2D eigenvalue weighted by Gasteiger charge is -2.08. The van der Waals surface area contributed by atoms with Gasteiger partial charge in [0.25, 0.3) is 0 Å². The number of hydrogen-bond acceptors (Lipinski definition) is 3. The van der Waals surface area contributed by atoms with Crippen LogP contribution in [-0.4, -0.2) is 21.1 Å². The molecule has 0 aliphatic rings. The first-order valence-electron chi connectivity index (χ1n) is 3.48. The van der Waals surface area contributed by atoms with Crippen LogP contribution < -0.4 is 0 Å². The van der Waals surface area contributed by atoms with E-state index in [-0.39, 0.29) is 5.41 Å². The molecule has 0 fully saturated rings. The van der Waals surface area contributed by atoms with E-state index < -0.39 is 0 Å². The predicted octanol–water partition coefficient (Wildman–Crippen LogP) is 1.16. The summed E-state index contributed by atoms with van der Waals surface area (Å²) in [5, 5.41) is 11.3. The summed E-state index contributed by atoms with van der Waals surface area (Å²) in [5.41, 5.74) is 0.101. The van der Waals surface area contributed by atoms with Gasteiger partial charge in [0.15, 0.2) is 0 Å². The minimum Gasteiger partial charge on any atom is -0.208 e. The Kier molecular flexibility index (Phi) is 2.03. The van der Waals surface area contributed by atoms with Crippen LogP contribution in [0.15, 0.2) is 17.8 Å². The van der Waals surface area contributed by atoms with Crippen molar-refractivity contribution in [3.8, 4) is 0 Å². The molecular weight excluding hydrogens is 140 g/mol. The van der Waals surface area contributed by atoms with E-state index in [2.05, 4.69) is 36.1 Å². The highest BCUT2D eigenvalue weighted by Crippen LogP contribution is 2.08. The first-order chi connectivity index (χ1) is 5.08. The van der Waals surface area contributed by atoms with Crippen molar-refractivity contribution in [2.45, 2.75) is 20.8 Å². The minimum absolute atomic E-state index is 0.101. The molecule has 0 bridgehead atoms. The summed E-state index contributed by atoms with van der Waals surface area (Å²) in [4.78, 5) is 0. The number of rotatable bonds is 1. The summed E-state index contributed by atoms with van der Waals surface area (Å²) in [7, 11) is 0. The zero-order valence-electron chi connectivity index (χ0n) is 7.02. The van der Waals surface area contributed by atoms with Crippen molar-refractivity contribution >= 4 is 6.21 Å². The molecule has 1 heterocycles. The predicted molar refractivity (Wildman–Crippen MR) is 43.4 cm³/mol. The van der Waals surface area contributed by atoms with E-state index in [4.69, 9.17) is 0 Å². The van der Waals surface area contributed by atoms with Crippen LogP contribution in [0.5, 0.6) is 0 Å². The van der Waals surface area contributed by atoms with Gasteiger partial charge in [0.1, 0.15) is 12.7 Å². The average molecular weight is 152 g/mol. The molecule has 0 aliphatic carbocycles. The molecule has 0 N–H and O–H groups in total. The van der Waals surface area contributed by atoms with Gasteiger partial charge in [0.05, 0.1) is 0 Å². The van der Waals surface area contributed by atoms with Crippen LogP contribution in [0, 0.1) is 5.41 Å². The van der Waals surface area contributed by atoms with Gasteiger partial charge < -0.3 is 0 Å². The smallest absolute Gasteiger partial charge is 0.141 e. The van der Waals surface area contributed by atoms with Crippen molar-refractivity contribution < 1.29 is 0 Å². The lowest BCUT2D eigenvalue weighted by molar-refractivity contribution is 0.599.